The molecule has 22 heavy (non-hydrogen) atoms. The number of carbonyl (C=O) groups is 1. The van der Waals surface area contributed by atoms with E-state index in [0.29, 0.717) is 31.9 Å². The fraction of sp³-hybridized carbons (Fsp3) is 0.438. The maximum Gasteiger partial charge on any atom is 0.254 e. The van der Waals surface area contributed by atoms with Gasteiger partial charge in [-0.15, -0.1) is 0 Å². The first-order chi connectivity index (χ1) is 10.7. The number of ether oxygens (including phenoxy) is 1. The van der Waals surface area contributed by atoms with E-state index in [1.807, 2.05) is 29.7 Å². The molecule has 2 aromatic heterocycles. The summed E-state index contributed by atoms with van der Waals surface area (Å²) in [5, 5.41) is 4.34. The lowest BCUT2D eigenvalue weighted by Crippen LogP contribution is -2.40. The summed E-state index contributed by atoms with van der Waals surface area (Å²) >= 11 is 0. The molecule has 0 saturated heterocycles. The highest BCUT2D eigenvalue weighted by atomic mass is 16.5. The van der Waals surface area contributed by atoms with E-state index < -0.39 is 0 Å². The summed E-state index contributed by atoms with van der Waals surface area (Å²) in [6, 6.07) is 3.50. The summed E-state index contributed by atoms with van der Waals surface area (Å²) in [4.78, 5) is 18.5. The largest absolute Gasteiger partial charge is 0.381 e. The van der Waals surface area contributed by atoms with Gasteiger partial charge >= 0.3 is 0 Å². The molecule has 6 nitrogen and oxygen atoms in total. The first-order valence-corrected chi connectivity index (χ1v) is 7.48. The van der Waals surface area contributed by atoms with Crippen molar-refractivity contribution in [3.8, 4) is 0 Å². The topological polar surface area (TPSA) is 60.2 Å². The van der Waals surface area contributed by atoms with Gasteiger partial charge in [-0.3, -0.25) is 14.5 Å². The van der Waals surface area contributed by atoms with Gasteiger partial charge in [-0.05, 0) is 19.1 Å². The van der Waals surface area contributed by atoms with Gasteiger partial charge in [-0.2, -0.15) is 5.10 Å². The van der Waals surface area contributed by atoms with Crippen molar-refractivity contribution in [3.05, 3.63) is 47.5 Å². The number of hydrogen-bond acceptors (Lipinski definition) is 4. The van der Waals surface area contributed by atoms with Crippen LogP contribution in [-0.4, -0.2) is 45.3 Å². The summed E-state index contributed by atoms with van der Waals surface area (Å²) in [5.41, 5.74) is 2.94. The molecule has 0 saturated carbocycles. The average molecular weight is 300 g/mol. The van der Waals surface area contributed by atoms with Crippen molar-refractivity contribution in [3.63, 3.8) is 0 Å². The van der Waals surface area contributed by atoms with E-state index in [9.17, 15) is 4.79 Å². The van der Waals surface area contributed by atoms with E-state index in [-0.39, 0.29) is 11.8 Å². The Hall–Kier alpha value is -2.21. The Kier molecular flexibility index (Phi) is 4.20. The third-order valence-corrected chi connectivity index (χ3v) is 3.99. The van der Waals surface area contributed by atoms with Crippen LogP contribution in [-0.2, 0) is 18.3 Å². The summed E-state index contributed by atoms with van der Waals surface area (Å²) < 4.78 is 7.50. The number of aryl methyl sites for hydroxylation is 1. The molecule has 0 radical (unpaired) electrons. The number of amides is 1. The Balaban J connectivity index is 1.85. The molecule has 0 aromatic carbocycles. The average Bonchev–Trinajstić information content (AvgIpc) is 2.94. The van der Waals surface area contributed by atoms with Gasteiger partial charge in [0, 0.05) is 56.2 Å². The molecule has 0 aliphatic carbocycles. The molecule has 1 amide bonds. The van der Waals surface area contributed by atoms with E-state index >= 15 is 0 Å². The van der Waals surface area contributed by atoms with Crippen molar-refractivity contribution in [2.75, 3.05) is 19.8 Å². The molecule has 2 aromatic rings. The van der Waals surface area contributed by atoms with Crippen LogP contribution in [0.1, 0.15) is 34.5 Å². The molecule has 0 spiro atoms. The predicted octanol–water partition coefficient (Wildman–Crippen LogP) is 1.59. The quantitative estimate of drug-likeness (QED) is 0.860. The highest BCUT2D eigenvalue weighted by molar-refractivity contribution is 5.94. The van der Waals surface area contributed by atoms with Crippen LogP contribution in [0.3, 0.4) is 0 Å². The van der Waals surface area contributed by atoms with Gasteiger partial charge in [0.05, 0.1) is 18.5 Å². The minimum atomic E-state index is 0.0263. The summed E-state index contributed by atoms with van der Waals surface area (Å²) in [7, 11) is 1.94. The fourth-order valence-electron chi connectivity index (χ4n) is 2.99. The second-order valence-corrected chi connectivity index (χ2v) is 5.46. The monoisotopic (exact) mass is 300 g/mol. The minimum absolute atomic E-state index is 0.0263. The highest BCUT2D eigenvalue weighted by Crippen LogP contribution is 2.29. The maximum atomic E-state index is 12.7. The molecule has 6 heteroatoms. The van der Waals surface area contributed by atoms with Crippen LogP contribution < -0.4 is 0 Å². The molecule has 1 aliphatic heterocycles. The first-order valence-electron chi connectivity index (χ1n) is 7.48. The van der Waals surface area contributed by atoms with Gasteiger partial charge in [0.1, 0.15) is 0 Å². The van der Waals surface area contributed by atoms with Crippen LogP contribution in [0.5, 0.6) is 0 Å². The summed E-state index contributed by atoms with van der Waals surface area (Å²) in [6.45, 7) is 4.48. The Morgan fingerprint density at radius 1 is 1.41 bits per heavy atom. The third kappa shape index (κ3) is 2.74. The highest BCUT2D eigenvalue weighted by Gasteiger charge is 2.31. The van der Waals surface area contributed by atoms with E-state index in [1.54, 1.807) is 24.5 Å². The zero-order valence-electron chi connectivity index (χ0n) is 12.9. The number of pyridine rings is 1. The second kappa shape index (κ2) is 6.27. The number of carbonyl (C=O) groups excluding carboxylic acids is 1. The molecule has 3 heterocycles. The molecular formula is C16H20N4O2. The SMILES string of the molecule is CCOC[C@H]1CN(C(=O)c2ccncc2)Cc2cnn(C)c21. The van der Waals surface area contributed by atoms with E-state index in [2.05, 4.69) is 10.1 Å². The normalized spacial score (nSPS) is 17.4. The molecular weight excluding hydrogens is 280 g/mol. The van der Waals surface area contributed by atoms with Gasteiger partial charge in [0.15, 0.2) is 0 Å². The lowest BCUT2D eigenvalue weighted by Gasteiger charge is -2.33. The zero-order valence-corrected chi connectivity index (χ0v) is 12.9. The molecule has 3 rings (SSSR count). The van der Waals surface area contributed by atoms with Crippen molar-refractivity contribution >= 4 is 5.91 Å². The molecule has 0 N–H and O–H groups in total. The number of rotatable bonds is 4. The van der Waals surface area contributed by atoms with Crippen molar-refractivity contribution in [2.45, 2.75) is 19.4 Å². The Bertz CT molecular complexity index is 653. The minimum Gasteiger partial charge on any atom is -0.381 e. The van der Waals surface area contributed by atoms with Gasteiger partial charge in [0.2, 0.25) is 0 Å². The van der Waals surface area contributed by atoms with E-state index in [4.69, 9.17) is 4.74 Å². The number of aromatic nitrogens is 3. The molecule has 0 unspecified atom stereocenters. The molecule has 1 atom stereocenters. The summed E-state index contributed by atoms with van der Waals surface area (Å²) in [5.74, 6) is 0.181. The first kappa shape index (κ1) is 14.7. The Morgan fingerprint density at radius 2 is 2.18 bits per heavy atom. The standard InChI is InChI=1S/C16H20N4O2/c1-3-22-11-14-10-20(9-13-8-18-19(2)15(13)14)16(21)12-4-6-17-7-5-12/h4-8,14H,3,9-11H2,1-2H3/t14-/m1/s1. The fourth-order valence-corrected chi connectivity index (χ4v) is 2.99. The molecule has 1 aliphatic rings. The smallest absolute Gasteiger partial charge is 0.254 e. The van der Waals surface area contributed by atoms with E-state index in [1.165, 1.54) is 5.69 Å². The second-order valence-electron chi connectivity index (χ2n) is 5.46. The molecule has 116 valence electrons. The third-order valence-electron chi connectivity index (χ3n) is 3.99. The lowest BCUT2D eigenvalue weighted by molar-refractivity contribution is 0.0648. The van der Waals surface area contributed by atoms with Gasteiger partial charge in [-0.1, -0.05) is 0 Å². The van der Waals surface area contributed by atoms with Gasteiger partial charge < -0.3 is 9.64 Å². The predicted molar refractivity (Wildman–Crippen MR) is 81.4 cm³/mol. The molecule has 0 bridgehead atoms. The van der Waals surface area contributed by atoms with Crippen LogP contribution >= 0.6 is 0 Å². The molecule has 0 fully saturated rings. The van der Waals surface area contributed by atoms with Crippen molar-refractivity contribution in [1.82, 2.24) is 19.7 Å². The lowest BCUT2D eigenvalue weighted by atomic mass is 9.96. The summed E-state index contributed by atoms with van der Waals surface area (Å²) in [6.07, 6.45) is 5.13. The van der Waals surface area contributed by atoms with Crippen LogP contribution in [0.4, 0.5) is 0 Å². The van der Waals surface area contributed by atoms with Gasteiger partial charge in [0.25, 0.3) is 5.91 Å². The van der Waals surface area contributed by atoms with Crippen LogP contribution in [0, 0.1) is 0 Å². The van der Waals surface area contributed by atoms with Crippen LogP contribution in [0.25, 0.3) is 0 Å². The van der Waals surface area contributed by atoms with Crippen molar-refractivity contribution in [2.24, 2.45) is 7.05 Å². The maximum absolute atomic E-state index is 12.7. The van der Waals surface area contributed by atoms with Crippen LogP contribution in [0.15, 0.2) is 30.7 Å². The zero-order chi connectivity index (χ0) is 15.5. The van der Waals surface area contributed by atoms with Crippen molar-refractivity contribution < 1.29 is 9.53 Å². The number of nitrogens with zero attached hydrogens (tertiary/aromatic N) is 4. The number of fused-ring (bicyclic) bond motifs is 1. The van der Waals surface area contributed by atoms with E-state index in [0.717, 1.165) is 5.56 Å². The number of hydrogen-bond donors (Lipinski definition) is 0. The Morgan fingerprint density at radius 3 is 2.91 bits per heavy atom. The Labute approximate surface area is 129 Å². The van der Waals surface area contributed by atoms with Crippen LogP contribution in [0.2, 0.25) is 0 Å². The van der Waals surface area contributed by atoms with Gasteiger partial charge in [-0.25, -0.2) is 0 Å². The van der Waals surface area contributed by atoms with Crippen molar-refractivity contribution in [1.29, 1.82) is 0 Å².